The van der Waals surface area contributed by atoms with Gasteiger partial charge in [-0.15, -0.1) is 11.8 Å². The topological polar surface area (TPSA) is 73.8 Å². The summed E-state index contributed by atoms with van der Waals surface area (Å²) in [4.78, 5) is 19.8. The number of nitrogens with zero attached hydrogens (tertiary/aromatic N) is 4. The summed E-state index contributed by atoms with van der Waals surface area (Å²) in [6.07, 6.45) is 3.61. The van der Waals surface area contributed by atoms with E-state index in [1.54, 1.807) is 22.9 Å². The van der Waals surface area contributed by atoms with Crippen LogP contribution in [-0.2, 0) is 16.0 Å². The third-order valence-electron chi connectivity index (χ3n) is 5.11. The van der Waals surface area contributed by atoms with Gasteiger partial charge in [-0.3, -0.25) is 9.78 Å². The van der Waals surface area contributed by atoms with E-state index in [0.29, 0.717) is 44.8 Å². The highest BCUT2D eigenvalue weighted by molar-refractivity contribution is 7.98. The number of benzene rings is 1. The number of amides is 1. The molecule has 30 heavy (non-hydrogen) atoms. The molecular weight excluding hydrogens is 420 g/mol. The Balaban J connectivity index is 1.55. The third-order valence-corrected chi connectivity index (χ3v) is 8.38. The fraction of sp³-hybridized carbons (Fsp3) is 0.429. The van der Waals surface area contributed by atoms with Crippen LogP contribution in [0.2, 0.25) is 0 Å². The fourth-order valence-corrected chi connectivity index (χ4v) is 5.80. The van der Waals surface area contributed by atoms with Gasteiger partial charge in [0.15, 0.2) is 0 Å². The van der Waals surface area contributed by atoms with E-state index >= 15 is 0 Å². The molecule has 162 valence electrons. The Kier molecular flexibility index (Phi) is 7.87. The minimum Gasteiger partial charge on any atom is -0.336 e. The SMILES string of the molecule is CCN(CC)S(=O)(=O)N1CCN(C(=O)c2ccc(SCc3cccnc3)cc2)CC1. The standard InChI is InChI=1S/C21H28N4O3S2/c1-3-24(4-2)30(27,28)25-14-12-23(13-15-25)21(26)19-7-9-20(10-8-19)29-17-18-6-5-11-22-16-18/h5-11,16H,3-4,12-15,17H2,1-2H3. The molecule has 3 rings (SSSR count). The molecule has 1 fully saturated rings. The van der Waals surface area contributed by atoms with Gasteiger partial charge in [0.1, 0.15) is 0 Å². The number of rotatable bonds is 8. The molecule has 2 aromatic rings. The molecule has 1 aliphatic rings. The lowest BCUT2D eigenvalue weighted by atomic mass is 10.2. The van der Waals surface area contributed by atoms with Gasteiger partial charge in [-0.1, -0.05) is 19.9 Å². The minimum absolute atomic E-state index is 0.0568. The lowest BCUT2D eigenvalue weighted by Gasteiger charge is -2.36. The molecule has 0 aliphatic carbocycles. The summed E-state index contributed by atoms with van der Waals surface area (Å²) in [5, 5.41) is 0. The Labute approximate surface area is 183 Å². The Hall–Kier alpha value is -1.94. The molecule has 0 atom stereocenters. The molecule has 2 heterocycles. The number of thioether (sulfide) groups is 1. The van der Waals surface area contributed by atoms with Crippen LogP contribution in [0.4, 0.5) is 0 Å². The van der Waals surface area contributed by atoms with E-state index in [-0.39, 0.29) is 5.91 Å². The van der Waals surface area contributed by atoms with E-state index in [0.717, 1.165) is 16.2 Å². The van der Waals surface area contributed by atoms with Crippen LogP contribution in [0.3, 0.4) is 0 Å². The maximum absolute atomic E-state index is 12.8. The van der Waals surface area contributed by atoms with Crippen molar-refractivity contribution in [1.82, 2.24) is 18.5 Å². The molecule has 1 aromatic heterocycles. The van der Waals surface area contributed by atoms with Gasteiger partial charge in [-0.2, -0.15) is 17.0 Å². The summed E-state index contributed by atoms with van der Waals surface area (Å²) in [6.45, 7) is 6.01. The molecule has 0 spiro atoms. The maximum Gasteiger partial charge on any atom is 0.282 e. The zero-order valence-corrected chi connectivity index (χ0v) is 19.0. The average Bonchev–Trinajstić information content (AvgIpc) is 2.79. The van der Waals surface area contributed by atoms with Gasteiger partial charge < -0.3 is 4.90 Å². The number of piperazine rings is 1. The lowest BCUT2D eigenvalue weighted by Crippen LogP contribution is -2.54. The van der Waals surface area contributed by atoms with Gasteiger partial charge in [0.05, 0.1) is 0 Å². The largest absolute Gasteiger partial charge is 0.336 e. The monoisotopic (exact) mass is 448 g/mol. The molecule has 9 heteroatoms. The van der Waals surface area contributed by atoms with E-state index in [2.05, 4.69) is 4.98 Å². The first-order valence-electron chi connectivity index (χ1n) is 10.1. The van der Waals surface area contributed by atoms with Crippen molar-refractivity contribution in [2.75, 3.05) is 39.3 Å². The van der Waals surface area contributed by atoms with Crippen molar-refractivity contribution in [2.45, 2.75) is 24.5 Å². The third kappa shape index (κ3) is 5.40. The van der Waals surface area contributed by atoms with Gasteiger partial charge in [0, 0.05) is 67.9 Å². The van der Waals surface area contributed by atoms with Gasteiger partial charge in [-0.05, 0) is 35.9 Å². The van der Waals surface area contributed by atoms with E-state index in [4.69, 9.17) is 0 Å². The Morgan fingerprint density at radius 2 is 1.73 bits per heavy atom. The van der Waals surface area contributed by atoms with Crippen LogP contribution >= 0.6 is 11.8 Å². The van der Waals surface area contributed by atoms with E-state index < -0.39 is 10.2 Å². The van der Waals surface area contributed by atoms with Crippen LogP contribution < -0.4 is 0 Å². The van der Waals surface area contributed by atoms with Crippen molar-refractivity contribution in [2.24, 2.45) is 0 Å². The number of hydrogen-bond donors (Lipinski definition) is 0. The van der Waals surface area contributed by atoms with Crippen molar-refractivity contribution in [1.29, 1.82) is 0 Å². The number of carbonyl (C=O) groups is 1. The van der Waals surface area contributed by atoms with Gasteiger partial charge in [-0.25, -0.2) is 0 Å². The van der Waals surface area contributed by atoms with E-state index in [9.17, 15) is 13.2 Å². The molecule has 7 nitrogen and oxygen atoms in total. The molecule has 0 radical (unpaired) electrons. The summed E-state index contributed by atoms with van der Waals surface area (Å²) in [7, 11) is -3.45. The van der Waals surface area contributed by atoms with E-state index in [1.807, 2.05) is 56.4 Å². The smallest absolute Gasteiger partial charge is 0.282 e. The number of hydrogen-bond acceptors (Lipinski definition) is 5. The second kappa shape index (κ2) is 10.4. The molecule has 0 saturated carbocycles. The van der Waals surface area contributed by atoms with Crippen LogP contribution in [0.25, 0.3) is 0 Å². The summed E-state index contributed by atoms with van der Waals surface area (Å²) < 4.78 is 28.2. The van der Waals surface area contributed by atoms with Crippen molar-refractivity contribution in [3.05, 3.63) is 59.9 Å². The second-order valence-corrected chi connectivity index (χ2v) is 9.93. The number of aromatic nitrogens is 1. The molecule has 1 aromatic carbocycles. The van der Waals surface area contributed by atoms with Gasteiger partial charge in [0.2, 0.25) is 0 Å². The van der Waals surface area contributed by atoms with Gasteiger partial charge in [0.25, 0.3) is 16.1 Å². The first kappa shape index (κ1) is 22.7. The first-order chi connectivity index (χ1) is 14.5. The Morgan fingerprint density at radius 1 is 1.07 bits per heavy atom. The zero-order chi connectivity index (χ0) is 21.6. The van der Waals surface area contributed by atoms with Crippen LogP contribution in [0, 0.1) is 0 Å². The average molecular weight is 449 g/mol. The molecule has 0 bridgehead atoms. The highest BCUT2D eigenvalue weighted by atomic mass is 32.2. The summed E-state index contributed by atoms with van der Waals surface area (Å²) >= 11 is 1.70. The summed E-state index contributed by atoms with van der Waals surface area (Å²) in [6, 6.07) is 11.5. The number of pyridine rings is 1. The quantitative estimate of drug-likeness (QED) is 0.581. The molecule has 1 aliphatic heterocycles. The van der Waals surface area contributed by atoms with Crippen molar-refractivity contribution in [3.8, 4) is 0 Å². The zero-order valence-electron chi connectivity index (χ0n) is 17.4. The summed E-state index contributed by atoms with van der Waals surface area (Å²) in [5.74, 6) is 0.767. The van der Waals surface area contributed by atoms with Crippen molar-refractivity contribution in [3.63, 3.8) is 0 Å². The second-order valence-electron chi connectivity index (χ2n) is 6.96. The highest BCUT2D eigenvalue weighted by Gasteiger charge is 2.32. The predicted octanol–water partition coefficient (Wildman–Crippen LogP) is 2.72. The maximum atomic E-state index is 12.8. The normalized spacial score (nSPS) is 15.5. The molecule has 0 unspecified atom stereocenters. The van der Waals surface area contributed by atoms with Crippen molar-refractivity contribution >= 4 is 27.9 Å². The van der Waals surface area contributed by atoms with Crippen LogP contribution in [0.15, 0.2) is 53.7 Å². The predicted molar refractivity (Wildman–Crippen MR) is 120 cm³/mol. The first-order valence-corrected chi connectivity index (χ1v) is 12.5. The Bertz CT molecular complexity index is 924. The molecular formula is C21H28N4O3S2. The minimum atomic E-state index is -3.45. The molecule has 1 saturated heterocycles. The van der Waals surface area contributed by atoms with Crippen LogP contribution in [-0.4, -0.2) is 72.1 Å². The van der Waals surface area contributed by atoms with Crippen LogP contribution in [0.1, 0.15) is 29.8 Å². The summed E-state index contributed by atoms with van der Waals surface area (Å²) in [5.41, 5.74) is 1.78. The highest BCUT2D eigenvalue weighted by Crippen LogP contribution is 2.23. The Morgan fingerprint density at radius 3 is 2.30 bits per heavy atom. The van der Waals surface area contributed by atoms with Crippen LogP contribution in [0.5, 0.6) is 0 Å². The lowest BCUT2D eigenvalue weighted by molar-refractivity contribution is 0.0694. The molecule has 0 N–H and O–H groups in total. The van der Waals surface area contributed by atoms with E-state index in [1.165, 1.54) is 8.61 Å². The van der Waals surface area contributed by atoms with Gasteiger partial charge >= 0.3 is 0 Å². The fourth-order valence-electron chi connectivity index (χ4n) is 3.36. The van der Waals surface area contributed by atoms with Crippen molar-refractivity contribution < 1.29 is 13.2 Å². The molecule has 1 amide bonds. The number of carbonyl (C=O) groups excluding carboxylic acids is 1.